The maximum absolute atomic E-state index is 13.0. The third-order valence-corrected chi connectivity index (χ3v) is 3.68. The zero-order chi connectivity index (χ0) is 15.8. The second-order valence-corrected chi connectivity index (χ2v) is 5.08. The van der Waals surface area contributed by atoms with Crippen LogP contribution < -0.4 is 0 Å². The van der Waals surface area contributed by atoms with Crippen LogP contribution in [0.4, 0.5) is 13.2 Å². The first kappa shape index (κ1) is 15.6. The van der Waals surface area contributed by atoms with Crippen LogP contribution in [-0.2, 0) is 19.6 Å². The van der Waals surface area contributed by atoms with Gasteiger partial charge >= 0.3 is 6.18 Å². The highest BCUT2D eigenvalue weighted by Crippen LogP contribution is 2.35. The van der Waals surface area contributed by atoms with Crippen LogP contribution in [0.3, 0.4) is 0 Å². The van der Waals surface area contributed by atoms with Crippen LogP contribution in [0, 0.1) is 13.8 Å². The molecule has 3 nitrogen and oxygen atoms in total. The van der Waals surface area contributed by atoms with Crippen molar-refractivity contribution in [2.24, 2.45) is 7.05 Å². The Bertz CT molecular complexity index is 647. The van der Waals surface area contributed by atoms with Crippen LogP contribution in [-0.4, -0.2) is 14.9 Å². The van der Waals surface area contributed by atoms with Gasteiger partial charge in [-0.05, 0) is 31.0 Å². The molecule has 1 aromatic heterocycles. The number of rotatable bonds is 3. The summed E-state index contributed by atoms with van der Waals surface area (Å²) in [4.78, 5) is 0. The Morgan fingerprint density at radius 3 is 2.38 bits per heavy atom. The molecule has 0 radical (unpaired) electrons. The summed E-state index contributed by atoms with van der Waals surface area (Å²) in [5.74, 6) is 0. The van der Waals surface area contributed by atoms with E-state index in [1.807, 2.05) is 6.92 Å². The van der Waals surface area contributed by atoms with Gasteiger partial charge in [-0.25, -0.2) is 0 Å². The van der Waals surface area contributed by atoms with Crippen LogP contribution in [0.1, 0.15) is 34.2 Å². The minimum atomic E-state index is -4.48. The summed E-state index contributed by atoms with van der Waals surface area (Å²) >= 11 is 0. The van der Waals surface area contributed by atoms with E-state index in [1.54, 1.807) is 18.7 Å². The van der Waals surface area contributed by atoms with Crippen molar-refractivity contribution in [2.45, 2.75) is 32.5 Å². The number of halogens is 3. The van der Waals surface area contributed by atoms with Gasteiger partial charge < -0.3 is 5.11 Å². The molecular formula is C15H17F3N2O. The number of hydrogen-bond acceptors (Lipinski definition) is 2. The normalized spacial score (nSPS) is 13.5. The van der Waals surface area contributed by atoms with E-state index < -0.39 is 17.8 Å². The molecule has 0 saturated carbocycles. The Hall–Kier alpha value is -1.82. The van der Waals surface area contributed by atoms with Crippen LogP contribution in [0.2, 0.25) is 0 Å². The molecule has 0 bridgehead atoms. The number of aliphatic hydroxyl groups excluding tert-OH is 1. The van der Waals surface area contributed by atoms with E-state index in [2.05, 4.69) is 5.10 Å². The Kier molecular flexibility index (Phi) is 4.09. The predicted molar refractivity (Wildman–Crippen MR) is 72.8 cm³/mol. The molecular weight excluding hydrogens is 281 g/mol. The standard InChI is InChI=1S/C15H17F3N2O/c1-9-12(10(2)20(3)19-9)8-14(21)11-6-4-5-7-13(11)15(16,17)18/h4-7,14,21H,8H2,1-3H3. The maximum Gasteiger partial charge on any atom is 0.416 e. The van der Waals surface area contributed by atoms with Gasteiger partial charge in [-0.3, -0.25) is 4.68 Å². The van der Waals surface area contributed by atoms with Crippen molar-refractivity contribution >= 4 is 0 Å². The molecule has 0 amide bonds. The van der Waals surface area contributed by atoms with Crippen LogP contribution in [0.25, 0.3) is 0 Å². The van der Waals surface area contributed by atoms with E-state index in [0.717, 1.165) is 23.0 Å². The quantitative estimate of drug-likeness (QED) is 0.944. The highest BCUT2D eigenvalue weighted by molar-refractivity contribution is 5.34. The van der Waals surface area contributed by atoms with Crippen molar-refractivity contribution in [1.82, 2.24) is 9.78 Å². The second-order valence-electron chi connectivity index (χ2n) is 5.08. The lowest BCUT2D eigenvalue weighted by atomic mass is 9.96. The molecule has 1 N–H and O–H groups in total. The third kappa shape index (κ3) is 3.10. The SMILES string of the molecule is Cc1nn(C)c(C)c1CC(O)c1ccccc1C(F)(F)F. The van der Waals surface area contributed by atoms with Crippen molar-refractivity contribution in [3.63, 3.8) is 0 Å². The molecule has 0 fully saturated rings. The number of benzene rings is 1. The number of aromatic nitrogens is 2. The summed E-state index contributed by atoms with van der Waals surface area (Å²) in [6.07, 6.45) is -5.58. The monoisotopic (exact) mass is 298 g/mol. The fourth-order valence-electron chi connectivity index (χ4n) is 2.46. The Morgan fingerprint density at radius 2 is 1.86 bits per heavy atom. The third-order valence-electron chi connectivity index (χ3n) is 3.68. The average Bonchev–Trinajstić information content (AvgIpc) is 2.64. The highest BCUT2D eigenvalue weighted by atomic mass is 19.4. The lowest BCUT2D eigenvalue weighted by molar-refractivity contribution is -0.139. The summed E-state index contributed by atoms with van der Waals surface area (Å²) in [6, 6.07) is 5.12. The van der Waals surface area contributed by atoms with Crippen molar-refractivity contribution in [3.05, 3.63) is 52.3 Å². The number of aryl methyl sites for hydroxylation is 2. The Labute approximate surface area is 121 Å². The Balaban J connectivity index is 2.35. The molecule has 1 heterocycles. The lowest BCUT2D eigenvalue weighted by Crippen LogP contribution is -2.13. The summed E-state index contributed by atoms with van der Waals surface area (Å²) < 4.78 is 40.6. The van der Waals surface area contributed by atoms with Crippen LogP contribution in [0.15, 0.2) is 24.3 Å². The highest BCUT2D eigenvalue weighted by Gasteiger charge is 2.34. The summed E-state index contributed by atoms with van der Waals surface area (Å²) in [7, 11) is 1.77. The molecule has 1 atom stereocenters. The summed E-state index contributed by atoms with van der Waals surface area (Å²) in [5.41, 5.74) is 1.45. The molecule has 21 heavy (non-hydrogen) atoms. The molecule has 0 saturated heterocycles. The largest absolute Gasteiger partial charge is 0.416 e. The van der Waals surface area contributed by atoms with Gasteiger partial charge in [0, 0.05) is 19.2 Å². The molecule has 114 valence electrons. The smallest absolute Gasteiger partial charge is 0.388 e. The van der Waals surface area contributed by atoms with Gasteiger partial charge in [0.25, 0.3) is 0 Å². The zero-order valence-corrected chi connectivity index (χ0v) is 12.1. The first-order chi connectivity index (χ1) is 9.71. The topological polar surface area (TPSA) is 38.0 Å². The molecule has 0 aliphatic carbocycles. The fraction of sp³-hybridized carbons (Fsp3) is 0.400. The minimum absolute atomic E-state index is 0.104. The van der Waals surface area contributed by atoms with E-state index in [0.29, 0.717) is 0 Å². The predicted octanol–water partition coefficient (Wildman–Crippen LogP) is 3.33. The number of alkyl halides is 3. The summed E-state index contributed by atoms with van der Waals surface area (Å²) in [5, 5.41) is 14.5. The minimum Gasteiger partial charge on any atom is -0.388 e. The first-order valence-corrected chi connectivity index (χ1v) is 6.55. The number of nitrogens with zero attached hydrogens (tertiary/aromatic N) is 2. The number of aliphatic hydroxyl groups is 1. The van der Waals surface area contributed by atoms with E-state index in [-0.39, 0.29) is 12.0 Å². The van der Waals surface area contributed by atoms with Gasteiger partial charge in [0.15, 0.2) is 0 Å². The van der Waals surface area contributed by atoms with Gasteiger partial charge in [0.1, 0.15) is 0 Å². The molecule has 1 unspecified atom stereocenters. The molecule has 1 aromatic carbocycles. The molecule has 0 aliphatic rings. The number of hydrogen-bond donors (Lipinski definition) is 1. The van der Waals surface area contributed by atoms with Gasteiger partial charge in [0.2, 0.25) is 0 Å². The van der Waals surface area contributed by atoms with E-state index in [1.165, 1.54) is 18.2 Å². The van der Waals surface area contributed by atoms with Gasteiger partial charge in [-0.15, -0.1) is 0 Å². The molecule has 2 aromatic rings. The van der Waals surface area contributed by atoms with Crippen molar-refractivity contribution in [2.75, 3.05) is 0 Å². The summed E-state index contributed by atoms with van der Waals surface area (Å²) in [6.45, 7) is 3.61. The lowest BCUT2D eigenvalue weighted by Gasteiger charge is -2.17. The van der Waals surface area contributed by atoms with Gasteiger partial charge in [-0.1, -0.05) is 18.2 Å². The average molecular weight is 298 g/mol. The van der Waals surface area contributed by atoms with Crippen LogP contribution >= 0.6 is 0 Å². The van der Waals surface area contributed by atoms with Gasteiger partial charge in [-0.2, -0.15) is 18.3 Å². The molecule has 0 spiro atoms. The first-order valence-electron chi connectivity index (χ1n) is 6.55. The van der Waals surface area contributed by atoms with Crippen molar-refractivity contribution in [3.8, 4) is 0 Å². The van der Waals surface area contributed by atoms with Crippen LogP contribution in [0.5, 0.6) is 0 Å². The van der Waals surface area contributed by atoms with E-state index >= 15 is 0 Å². The molecule has 0 aliphatic heterocycles. The maximum atomic E-state index is 13.0. The zero-order valence-electron chi connectivity index (χ0n) is 12.1. The Morgan fingerprint density at radius 1 is 1.24 bits per heavy atom. The fourth-order valence-corrected chi connectivity index (χ4v) is 2.46. The molecule has 2 rings (SSSR count). The van der Waals surface area contributed by atoms with E-state index in [9.17, 15) is 18.3 Å². The van der Waals surface area contributed by atoms with Crippen molar-refractivity contribution in [1.29, 1.82) is 0 Å². The van der Waals surface area contributed by atoms with Gasteiger partial charge in [0.05, 0.1) is 17.4 Å². The molecule has 6 heteroatoms. The van der Waals surface area contributed by atoms with E-state index in [4.69, 9.17) is 0 Å². The van der Waals surface area contributed by atoms with Crippen molar-refractivity contribution < 1.29 is 18.3 Å². The second kappa shape index (κ2) is 5.52.